The molecule has 0 saturated heterocycles. The highest BCUT2D eigenvalue weighted by Gasteiger charge is 2.04. The Bertz CT molecular complexity index is 699. The van der Waals surface area contributed by atoms with Crippen LogP contribution in [0.1, 0.15) is 0 Å². The lowest BCUT2D eigenvalue weighted by molar-refractivity contribution is -0.619. The van der Waals surface area contributed by atoms with Crippen molar-refractivity contribution in [1.82, 2.24) is 4.98 Å². The van der Waals surface area contributed by atoms with Crippen molar-refractivity contribution in [2.75, 3.05) is 0 Å². The highest BCUT2D eigenvalue weighted by molar-refractivity contribution is 9.10. The Balaban J connectivity index is 2.03. The molecule has 0 aliphatic heterocycles. The average molecular weight is 326 g/mol. The van der Waals surface area contributed by atoms with Gasteiger partial charge in [-0.3, -0.25) is 0 Å². The minimum absolute atomic E-state index is 0.690. The molecule has 0 aliphatic rings. The molecular weight excluding hydrogens is 314 g/mol. The monoisotopic (exact) mass is 325 g/mol. The van der Waals surface area contributed by atoms with Crippen LogP contribution in [-0.4, -0.2) is 4.98 Å². The number of halogens is 1. The zero-order valence-electron chi connectivity index (χ0n) is 10.6. The second-order valence-electron chi connectivity index (χ2n) is 4.25. The van der Waals surface area contributed by atoms with Crippen LogP contribution in [0.25, 0.3) is 16.6 Å². The smallest absolute Gasteiger partial charge is 0.182 e. The van der Waals surface area contributed by atoms with Gasteiger partial charge in [0.25, 0.3) is 0 Å². The maximum absolute atomic E-state index is 4.54. The Morgan fingerprint density at radius 2 is 1.65 bits per heavy atom. The summed E-state index contributed by atoms with van der Waals surface area (Å²) in [5.41, 5.74) is 6.63. The van der Waals surface area contributed by atoms with Gasteiger partial charge in [-0.1, -0.05) is 58.5 Å². The predicted octanol–water partition coefficient (Wildman–Crippen LogP) is 4.27. The number of pyridine rings is 2. The molecule has 0 unspecified atom stereocenters. The number of nitrogens with zero attached hydrogens (tertiary/aromatic N) is 3. The van der Waals surface area contributed by atoms with Crippen molar-refractivity contribution in [3.8, 4) is 11.1 Å². The zero-order valence-corrected chi connectivity index (χ0v) is 12.2. The molecule has 3 nitrogen and oxygen atoms in total. The second-order valence-corrected chi connectivity index (χ2v) is 5.16. The topological polar surface area (TPSA) is 30.9 Å². The van der Waals surface area contributed by atoms with Crippen molar-refractivity contribution in [3.63, 3.8) is 0 Å². The predicted molar refractivity (Wildman–Crippen MR) is 82.4 cm³/mol. The van der Waals surface area contributed by atoms with Gasteiger partial charge in [0.1, 0.15) is 0 Å². The summed E-state index contributed by atoms with van der Waals surface area (Å²) < 4.78 is 2.69. The fourth-order valence-electron chi connectivity index (χ4n) is 1.91. The zero-order chi connectivity index (χ0) is 13.8. The molecule has 3 aromatic rings. The van der Waals surface area contributed by atoms with Crippen molar-refractivity contribution in [1.29, 1.82) is 0 Å². The number of aromatic nitrogens is 2. The van der Waals surface area contributed by atoms with Gasteiger partial charge in [-0.2, -0.15) is 10.1 Å². The van der Waals surface area contributed by atoms with Gasteiger partial charge in [0.2, 0.25) is 0 Å². The van der Waals surface area contributed by atoms with E-state index in [0.29, 0.717) is 5.82 Å². The van der Waals surface area contributed by atoms with Gasteiger partial charge >= 0.3 is 0 Å². The van der Waals surface area contributed by atoms with Crippen LogP contribution in [0.5, 0.6) is 0 Å². The molecular formula is C16H12BrN3. The summed E-state index contributed by atoms with van der Waals surface area (Å²) in [4.78, 5) is 4.42. The molecule has 3 rings (SSSR count). The van der Waals surface area contributed by atoms with E-state index in [0.717, 1.165) is 15.6 Å². The lowest BCUT2D eigenvalue weighted by Crippen LogP contribution is -2.26. The number of benzene rings is 1. The number of hydrogen-bond donors (Lipinski definition) is 0. The molecule has 4 heteroatoms. The van der Waals surface area contributed by atoms with Crippen molar-refractivity contribution in [2.24, 2.45) is 0 Å². The Hall–Kier alpha value is -2.20. The summed E-state index contributed by atoms with van der Waals surface area (Å²) in [5, 5.41) is 0. The van der Waals surface area contributed by atoms with Crippen LogP contribution >= 0.6 is 15.9 Å². The Labute approximate surface area is 126 Å². The Kier molecular flexibility index (Phi) is 3.74. The van der Waals surface area contributed by atoms with E-state index >= 15 is 0 Å². The van der Waals surface area contributed by atoms with Crippen molar-refractivity contribution in [3.05, 3.63) is 83.1 Å². The van der Waals surface area contributed by atoms with Crippen LogP contribution in [0.2, 0.25) is 0 Å². The fourth-order valence-corrected chi connectivity index (χ4v) is 2.24. The third kappa shape index (κ3) is 2.86. The third-order valence-electron chi connectivity index (χ3n) is 2.83. The number of hydrogen-bond acceptors (Lipinski definition) is 1. The second kappa shape index (κ2) is 5.84. The van der Waals surface area contributed by atoms with Crippen molar-refractivity contribution in [2.45, 2.75) is 0 Å². The largest absolute Gasteiger partial charge is 0.437 e. The Morgan fingerprint density at radius 1 is 0.950 bits per heavy atom. The van der Waals surface area contributed by atoms with Crippen LogP contribution < -0.4 is 4.68 Å². The summed E-state index contributed by atoms with van der Waals surface area (Å²) in [5.74, 6) is 0.690. The molecule has 0 radical (unpaired) electrons. The van der Waals surface area contributed by atoms with Crippen LogP contribution in [0.4, 0.5) is 5.82 Å². The first-order chi connectivity index (χ1) is 9.83. The van der Waals surface area contributed by atoms with Crippen molar-refractivity contribution < 1.29 is 4.68 Å². The molecule has 2 aromatic heterocycles. The standard InChI is InChI=1S/C16H12BrN3/c17-14-11-15(13-7-3-1-4-8-13)16(18-12-14)19-20-9-5-2-6-10-20/h1-12H. The molecule has 20 heavy (non-hydrogen) atoms. The molecule has 0 N–H and O–H groups in total. The van der Waals surface area contributed by atoms with E-state index in [-0.39, 0.29) is 0 Å². The quantitative estimate of drug-likeness (QED) is 0.661. The Morgan fingerprint density at radius 3 is 2.40 bits per heavy atom. The normalized spacial score (nSPS) is 10.2. The summed E-state index contributed by atoms with van der Waals surface area (Å²) in [6.45, 7) is 0. The van der Waals surface area contributed by atoms with E-state index in [1.165, 1.54) is 0 Å². The van der Waals surface area contributed by atoms with Gasteiger partial charge in [0.15, 0.2) is 12.4 Å². The summed E-state index contributed by atoms with van der Waals surface area (Å²) in [7, 11) is 0. The van der Waals surface area contributed by atoms with Gasteiger partial charge in [0, 0.05) is 22.4 Å². The molecule has 1 aromatic carbocycles. The molecule has 0 fully saturated rings. The maximum Gasteiger partial charge on any atom is 0.182 e. The third-order valence-corrected chi connectivity index (χ3v) is 3.26. The first-order valence-corrected chi connectivity index (χ1v) is 7.01. The van der Waals surface area contributed by atoms with E-state index in [1.807, 2.05) is 54.9 Å². The highest BCUT2D eigenvalue weighted by atomic mass is 79.9. The highest BCUT2D eigenvalue weighted by Crippen LogP contribution is 2.31. The van der Waals surface area contributed by atoms with Gasteiger partial charge in [-0.05, 0) is 17.2 Å². The van der Waals surface area contributed by atoms with Gasteiger partial charge in [-0.25, -0.2) is 0 Å². The van der Waals surface area contributed by atoms with E-state index < -0.39 is 0 Å². The van der Waals surface area contributed by atoms with Crippen LogP contribution in [0.3, 0.4) is 0 Å². The summed E-state index contributed by atoms with van der Waals surface area (Å²) in [6.07, 6.45) is 5.53. The van der Waals surface area contributed by atoms with E-state index in [4.69, 9.17) is 0 Å². The first-order valence-electron chi connectivity index (χ1n) is 6.22. The SMILES string of the molecule is Brc1cnc([N-][n+]2ccccc2)c(-c2ccccc2)c1. The molecule has 2 heterocycles. The van der Waals surface area contributed by atoms with Gasteiger partial charge in [0.05, 0.1) is 0 Å². The molecule has 0 amide bonds. The number of rotatable bonds is 3. The fraction of sp³-hybridized carbons (Fsp3) is 0. The van der Waals surface area contributed by atoms with E-state index in [1.54, 1.807) is 10.9 Å². The molecule has 0 spiro atoms. The van der Waals surface area contributed by atoms with Gasteiger partial charge in [-0.15, -0.1) is 0 Å². The minimum Gasteiger partial charge on any atom is -0.437 e. The van der Waals surface area contributed by atoms with Crippen LogP contribution in [0.15, 0.2) is 77.7 Å². The minimum atomic E-state index is 0.690. The first kappa shape index (κ1) is 12.8. The van der Waals surface area contributed by atoms with E-state index in [9.17, 15) is 0 Å². The van der Waals surface area contributed by atoms with E-state index in [2.05, 4.69) is 38.5 Å². The lowest BCUT2D eigenvalue weighted by Gasteiger charge is -2.15. The molecule has 0 bridgehead atoms. The van der Waals surface area contributed by atoms with Crippen LogP contribution in [-0.2, 0) is 0 Å². The van der Waals surface area contributed by atoms with Crippen LogP contribution in [0, 0.1) is 0 Å². The molecule has 98 valence electrons. The summed E-state index contributed by atoms with van der Waals surface area (Å²) >= 11 is 3.47. The summed E-state index contributed by atoms with van der Waals surface area (Å²) in [6, 6.07) is 18.0. The van der Waals surface area contributed by atoms with Crippen molar-refractivity contribution >= 4 is 21.7 Å². The molecule has 0 atom stereocenters. The lowest BCUT2D eigenvalue weighted by atomic mass is 10.1. The van der Waals surface area contributed by atoms with Gasteiger partial charge < -0.3 is 4.98 Å². The average Bonchev–Trinajstić information content (AvgIpc) is 2.51. The molecule has 0 saturated carbocycles. The maximum atomic E-state index is 4.54. The molecule has 0 aliphatic carbocycles.